The molecule has 14 heavy (non-hydrogen) atoms. The summed E-state index contributed by atoms with van der Waals surface area (Å²) in [6.45, 7) is 9.51. The zero-order valence-corrected chi connectivity index (χ0v) is 9.71. The van der Waals surface area contributed by atoms with E-state index in [0.717, 1.165) is 6.42 Å². The van der Waals surface area contributed by atoms with Crippen molar-refractivity contribution in [3.63, 3.8) is 0 Å². The zero-order valence-electron chi connectivity index (χ0n) is 9.71. The van der Waals surface area contributed by atoms with Gasteiger partial charge in [0.1, 0.15) is 6.61 Å². The summed E-state index contributed by atoms with van der Waals surface area (Å²) in [7, 11) is 0. The van der Waals surface area contributed by atoms with Crippen molar-refractivity contribution in [3.05, 3.63) is 0 Å². The van der Waals surface area contributed by atoms with Crippen LogP contribution in [0.25, 0.3) is 0 Å². The molecular weight excluding hydrogens is 180 g/mol. The fraction of sp³-hybridized carbons (Fsp3) is 0.909. The molecule has 0 aromatic heterocycles. The molecule has 84 valence electrons. The Labute approximate surface area is 86.8 Å². The summed E-state index contributed by atoms with van der Waals surface area (Å²) in [6, 6.07) is 0. The minimum atomic E-state index is -0.112. The van der Waals surface area contributed by atoms with E-state index in [2.05, 4.69) is 13.8 Å². The first-order chi connectivity index (χ1) is 6.63. The standard InChI is InChI=1S/C11H22O3/c1-5-9(3)10(4)11(12)14-8-7-13-6-2/h9-10H,5-8H2,1-4H3. The van der Waals surface area contributed by atoms with Crippen LogP contribution >= 0.6 is 0 Å². The first kappa shape index (κ1) is 13.4. The summed E-state index contributed by atoms with van der Waals surface area (Å²) < 4.78 is 10.1. The highest BCUT2D eigenvalue weighted by Crippen LogP contribution is 2.15. The lowest BCUT2D eigenvalue weighted by Crippen LogP contribution is -2.22. The van der Waals surface area contributed by atoms with E-state index < -0.39 is 0 Å². The number of esters is 1. The van der Waals surface area contributed by atoms with Crippen molar-refractivity contribution in [2.75, 3.05) is 19.8 Å². The van der Waals surface area contributed by atoms with Crippen molar-refractivity contribution >= 4 is 5.97 Å². The lowest BCUT2D eigenvalue weighted by atomic mass is 9.94. The van der Waals surface area contributed by atoms with Crippen LogP contribution in [-0.2, 0) is 14.3 Å². The van der Waals surface area contributed by atoms with Crippen molar-refractivity contribution in [1.82, 2.24) is 0 Å². The van der Waals surface area contributed by atoms with Gasteiger partial charge in [-0.15, -0.1) is 0 Å². The third-order valence-corrected chi connectivity index (χ3v) is 2.55. The molecule has 0 saturated heterocycles. The summed E-state index contributed by atoms with van der Waals surface area (Å²) >= 11 is 0. The molecule has 2 atom stereocenters. The Morgan fingerprint density at radius 2 is 1.86 bits per heavy atom. The smallest absolute Gasteiger partial charge is 0.308 e. The highest BCUT2D eigenvalue weighted by atomic mass is 16.6. The predicted octanol–water partition coefficient (Wildman–Crippen LogP) is 2.25. The van der Waals surface area contributed by atoms with Crippen LogP contribution in [0.4, 0.5) is 0 Å². The van der Waals surface area contributed by atoms with Gasteiger partial charge in [0.25, 0.3) is 0 Å². The fourth-order valence-corrected chi connectivity index (χ4v) is 1.06. The van der Waals surface area contributed by atoms with Crippen LogP contribution in [-0.4, -0.2) is 25.8 Å². The molecule has 3 nitrogen and oxygen atoms in total. The lowest BCUT2D eigenvalue weighted by Gasteiger charge is -2.16. The summed E-state index contributed by atoms with van der Waals surface area (Å²) in [6.07, 6.45) is 1.00. The lowest BCUT2D eigenvalue weighted by molar-refractivity contribution is -0.151. The molecule has 0 radical (unpaired) electrons. The Kier molecular flexibility index (Phi) is 7.48. The highest BCUT2D eigenvalue weighted by molar-refractivity contribution is 5.72. The number of ether oxygens (including phenoxy) is 2. The minimum Gasteiger partial charge on any atom is -0.463 e. The monoisotopic (exact) mass is 202 g/mol. The molecule has 0 rings (SSSR count). The van der Waals surface area contributed by atoms with Crippen molar-refractivity contribution in [2.45, 2.75) is 34.1 Å². The summed E-state index contributed by atoms with van der Waals surface area (Å²) in [5.74, 6) is 0.260. The molecule has 0 aromatic carbocycles. The zero-order chi connectivity index (χ0) is 11.0. The summed E-state index contributed by atoms with van der Waals surface area (Å²) in [5, 5.41) is 0. The van der Waals surface area contributed by atoms with Crippen LogP contribution in [0.5, 0.6) is 0 Å². The van der Waals surface area contributed by atoms with Crippen LogP contribution in [0.3, 0.4) is 0 Å². The number of rotatable bonds is 7. The van der Waals surface area contributed by atoms with Gasteiger partial charge in [0, 0.05) is 6.61 Å². The Hall–Kier alpha value is -0.570. The van der Waals surface area contributed by atoms with Crippen molar-refractivity contribution < 1.29 is 14.3 Å². The maximum Gasteiger partial charge on any atom is 0.308 e. The van der Waals surface area contributed by atoms with E-state index in [1.807, 2.05) is 13.8 Å². The van der Waals surface area contributed by atoms with E-state index in [0.29, 0.717) is 25.7 Å². The van der Waals surface area contributed by atoms with Gasteiger partial charge in [-0.1, -0.05) is 27.2 Å². The Bertz CT molecular complexity index is 157. The molecule has 0 aromatic rings. The first-order valence-electron chi connectivity index (χ1n) is 5.37. The SMILES string of the molecule is CCOCCOC(=O)C(C)C(C)CC. The van der Waals surface area contributed by atoms with Crippen LogP contribution in [0.2, 0.25) is 0 Å². The van der Waals surface area contributed by atoms with Gasteiger partial charge in [-0.25, -0.2) is 0 Å². The predicted molar refractivity (Wildman–Crippen MR) is 56.1 cm³/mol. The molecule has 0 saturated carbocycles. The van der Waals surface area contributed by atoms with Gasteiger partial charge in [0.05, 0.1) is 12.5 Å². The first-order valence-corrected chi connectivity index (χ1v) is 5.37. The van der Waals surface area contributed by atoms with Gasteiger partial charge in [0.2, 0.25) is 0 Å². The number of carbonyl (C=O) groups is 1. The summed E-state index contributed by atoms with van der Waals surface area (Å²) in [5.41, 5.74) is 0. The van der Waals surface area contributed by atoms with E-state index in [1.54, 1.807) is 0 Å². The molecule has 0 heterocycles. The van der Waals surface area contributed by atoms with Gasteiger partial charge < -0.3 is 9.47 Å². The average molecular weight is 202 g/mol. The van der Waals surface area contributed by atoms with Crippen LogP contribution in [0.1, 0.15) is 34.1 Å². The van der Waals surface area contributed by atoms with E-state index in [4.69, 9.17) is 9.47 Å². The molecule has 3 heteroatoms. The third kappa shape index (κ3) is 5.22. The fourth-order valence-electron chi connectivity index (χ4n) is 1.06. The molecule has 0 aliphatic carbocycles. The second-order valence-corrected chi connectivity index (χ2v) is 3.54. The Morgan fingerprint density at radius 3 is 2.36 bits per heavy atom. The molecule has 0 fully saturated rings. The van der Waals surface area contributed by atoms with Crippen molar-refractivity contribution in [2.24, 2.45) is 11.8 Å². The Balaban J connectivity index is 3.62. The molecule has 0 amide bonds. The quantitative estimate of drug-likeness (QED) is 0.469. The highest BCUT2D eigenvalue weighted by Gasteiger charge is 2.19. The van der Waals surface area contributed by atoms with Crippen LogP contribution < -0.4 is 0 Å². The molecule has 0 N–H and O–H groups in total. The molecular formula is C11H22O3. The normalized spacial score (nSPS) is 14.9. The maximum absolute atomic E-state index is 11.4. The molecule has 0 bridgehead atoms. The van der Waals surface area contributed by atoms with Gasteiger partial charge in [-0.2, -0.15) is 0 Å². The van der Waals surface area contributed by atoms with Crippen molar-refractivity contribution in [3.8, 4) is 0 Å². The Morgan fingerprint density at radius 1 is 1.21 bits per heavy atom. The number of hydrogen-bond acceptors (Lipinski definition) is 3. The average Bonchev–Trinajstić information content (AvgIpc) is 2.21. The van der Waals surface area contributed by atoms with Gasteiger partial charge in [0.15, 0.2) is 0 Å². The molecule has 2 unspecified atom stereocenters. The number of carbonyl (C=O) groups excluding carboxylic acids is 1. The second kappa shape index (κ2) is 7.80. The van der Waals surface area contributed by atoms with Crippen LogP contribution in [0, 0.1) is 11.8 Å². The third-order valence-electron chi connectivity index (χ3n) is 2.55. The second-order valence-electron chi connectivity index (χ2n) is 3.54. The van der Waals surface area contributed by atoms with E-state index in [-0.39, 0.29) is 11.9 Å². The van der Waals surface area contributed by atoms with E-state index >= 15 is 0 Å². The molecule has 0 aliphatic heterocycles. The largest absolute Gasteiger partial charge is 0.463 e. The van der Waals surface area contributed by atoms with Gasteiger partial charge in [-0.05, 0) is 12.8 Å². The van der Waals surface area contributed by atoms with E-state index in [9.17, 15) is 4.79 Å². The topological polar surface area (TPSA) is 35.5 Å². The summed E-state index contributed by atoms with van der Waals surface area (Å²) in [4.78, 5) is 11.4. The van der Waals surface area contributed by atoms with Crippen LogP contribution in [0.15, 0.2) is 0 Å². The van der Waals surface area contributed by atoms with E-state index in [1.165, 1.54) is 0 Å². The maximum atomic E-state index is 11.4. The van der Waals surface area contributed by atoms with Crippen molar-refractivity contribution in [1.29, 1.82) is 0 Å². The molecule has 0 spiro atoms. The molecule has 0 aliphatic rings. The van der Waals surface area contributed by atoms with Gasteiger partial charge in [-0.3, -0.25) is 4.79 Å². The minimum absolute atomic E-state index is 0.0124. The van der Waals surface area contributed by atoms with Gasteiger partial charge >= 0.3 is 5.97 Å². The number of hydrogen-bond donors (Lipinski definition) is 0.